The van der Waals surface area contributed by atoms with Gasteiger partial charge in [-0.05, 0) is 36.8 Å². The van der Waals surface area contributed by atoms with E-state index in [1.54, 1.807) is 6.07 Å². The number of furan rings is 1. The number of benzene rings is 1. The molecule has 1 aromatic heterocycles. The van der Waals surface area contributed by atoms with E-state index in [1.807, 2.05) is 18.2 Å². The van der Waals surface area contributed by atoms with Crippen LogP contribution < -0.4 is 0 Å². The second-order valence-corrected chi connectivity index (χ2v) is 7.21. The predicted molar refractivity (Wildman–Crippen MR) is 88.8 cm³/mol. The fourth-order valence-electron chi connectivity index (χ4n) is 4.07. The lowest BCUT2D eigenvalue weighted by molar-refractivity contribution is 0.0955. The fraction of sp³-hybridized carbons (Fsp3) is 0.400. The number of carbonyl (C=O) groups excluding carboxylic acids is 2. The Balaban J connectivity index is 1.74. The van der Waals surface area contributed by atoms with E-state index >= 15 is 0 Å². The topological polar surface area (TPSA) is 47.3 Å². The Morgan fingerprint density at radius 2 is 1.83 bits per heavy atom. The van der Waals surface area contributed by atoms with Crippen LogP contribution >= 0.6 is 0 Å². The third kappa shape index (κ3) is 2.35. The quantitative estimate of drug-likeness (QED) is 0.775. The summed E-state index contributed by atoms with van der Waals surface area (Å²) in [6, 6.07) is 7.38. The molecule has 2 aliphatic carbocycles. The van der Waals surface area contributed by atoms with Crippen molar-refractivity contribution < 1.29 is 14.0 Å². The van der Waals surface area contributed by atoms with E-state index in [1.165, 1.54) is 25.3 Å². The number of hydrogen-bond donors (Lipinski definition) is 0. The van der Waals surface area contributed by atoms with E-state index in [9.17, 15) is 9.59 Å². The summed E-state index contributed by atoms with van der Waals surface area (Å²) < 4.78 is 5.62. The minimum atomic E-state index is -0.176. The van der Waals surface area contributed by atoms with Crippen LogP contribution in [0.2, 0.25) is 0 Å². The molecule has 1 heterocycles. The molecule has 0 atom stereocenters. The maximum absolute atomic E-state index is 13.0. The molecule has 0 N–H and O–H groups in total. The van der Waals surface area contributed by atoms with Crippen molar-refractivity contribution in [2.45, 2.75) is 45.4 Å². The highest BCUT2D eigenvalue weighted by Gasteiger charge is 2.36. The van der Waals surface area contributed by atoms with Crippen molar-refractivity contribution in [3.8, 4) is 0 Å². The van der Waals surface area contributed by atoms with Crippen molar-refractivity contribution in [3.63, 3.8) is 0 Å². The van der Waals surface area contributed by atoms with Gasteiger partial charge in [-0.1, -0.05) is 44.4 Å². The van der Waals surface area contributed by atoms with Crippen LogP contribution in [0.4, 0.5) is 0 Å². The molecule has 4 rings (SSSR count). The lowest BCUT2D eigenvalue weighted by Crippen LogP contribution is -2.25. The van der Waals surface area contributed by atoms with Crippen LogP contribution in [0, 0.1) is 5.41 Å². The van der Waals surface area contributed by atoms with Gasteiger partial charge in [-0.15, -0.1) is 0 Å². The third-order valence-electron chi connectivity index (χ3n) is 5.32. The van der Waals surface area contributed by atoms with Crippen molar-refractivity contribution in [1.82, 2.24) is 0 Å². The van der Waals surface area contributed by atoms with Crippen LogP contribution in [0.25, 0.3) is 11.0 Å². The molecular weight excluding hydrogens is 288 g/mol. The number of hydrogen-bond acceptors (Lipinski definition) is 3. The Morgan fingerprint density at radius 3 is 2.61 bits per heavy atom. The molecule has 3 heteroatoms. The van der Waals surface area contributed by atoms with Crippen LogP contribution in [0.1, 0.15) is 66.4 Å². The second kappa shape index (κ2) is 5.19. The van der Waals surface area contributed by atoms with Crippen molar-refractivity contribution in [1.29, 1.82) is 0 Å². The Kier molecular flexibility index (Phi) is 3.26. The summed E-state index contributed by atoms with van der Waals surface area (Å²) in [7, 11) is 0. The van der Waals surface area contributed by atoms with E-state index in [2.05, 4.69) is 6.92 Å². The molecular formula is C20H20O3. The molecule has 2 aliphatic rings. The number of rotatable bonds is 2. The molecule has 1 saturated carbocycles. The minimum absolute atomic E-state index is 0.0312. The Labute approximate surface area is 135 Å². The average molecular weight is 308 g/mol. The molecule has 3 nitrogen and oxygen atoms in total. The van der Waals surface area contributed by atoms with Crippen LogP contribution in [0.3, 0.4) is 0 Å². The molecule has 0 radical (unpaired) electrons. The molecule has 1 fully saturated rings. The highest BCUT2D eigenvalue weighted by Crippen LogP contribution is 2.43. The second-order valence-electron chi connectivity index (χ2n) is 7.21. The van der Waals surface area contributed by atoms with Crippen molar-refractivity contribution >= 4 is 22.5 Å². The predicted octanol–water partition coefficient (Wildman–Crippen LogP) is 5.10. The Morgan fingerprint density at radius 1 is 1.09 bits per heavy atom. The summed E-state index contributed by atoms with van der Waals surface area (Å²) in [5.74, 6) is -0.00435. The fourth-order valence-corrected chi connectivity index (χ4v) is 4.07. The van der Waals surface area contributed by atoms with Crippen molar-refractivity contribution in [2.75, 3.05) is 0 Å². The molecule has 0 bridgehead atoms. The number of ketones is 2. The molecule has 1 aromatic carbocycles. The number of fused-ring (bicyclic) bond motifs is 3. The highest BCUT2D eigenvalue weighted by molar-refractivity contribution is 6.28. The zero-order valence-corrected chi connectivity index (χ0v) is 13.4. The van der Waals surface area contributed by atoms with Gasteiger partial charge in [0.2, 0.25) is 5.78 Å². The number of allylic oxidation sites excluding steroid dienone is 2. The summed E-state index contributed by atoms with van der Waals surface area (Å²) >= 11 is 0. The standard InChI is InChI=1S/C20H20O3/c1-20(9-5-2-6-10-20)12-13-11-15(21)19-17(18(13)22)14-7-3-4-8-16(14)23-19/h3-4,7-8,11H,2,5-6,9-10,12H2,1H3. The molecule has 0 saturated heterocycles. The molecule has 2 aromatic rings. The van der Waals surface area contributed by atoms with Gasteiger partial charge in [-0.3, -0.25) is 9.59 Å². The van der Waals surface area contributed by atoms with E-state index in [4.69, 9.17) is 4.42 Å². The van der Waals surface area contributed by atoms with E-state index in [0.717, 1.165) is 18.2 Å². The Hall–Kier alpha value is -2.16. The zero-order chi connectivity index (χ0) is 16.0. The molecule has 0 aliphatic heterocycles. The molecule has 118 valence electrons. The summed E-state index contributed by atoms with van der Waals surface area (Å²) in [5, 5.41) is 0.750. The van der Waals surface area contributed by atoms with Crippen molar-refractivity contribution in [2.24, 2.45) is 5.41 Å². The maximum atomic E-state index is 13.0. The van der Waals surface area contributed by atoms with Gasteiger partial charge in [-0.2, -0.15) is 0 Å². The van der Waals surface area contributed by atoms with Gasteiger partial charge in [0.05, 0.1) is 5.56 Å². The van der Waals surface area contributed by atoms with Crippen LogP contribution in [-0.2, 0) is 0 Å². The summed E-state index contributed by atoms with van der Waals surface area (Å²) in [6.45, 7) is 2.24. The lowest BCUT2D eigenvalue weighted by Gasteiger charge is -2.34. The first-order valence-electron chi connectivity index (χ1n) is 8.39. The van der Waals surface area contributed by atoms with Crippen LogP contribution in [0.15, 0.2) is 40.3 Å². The molecule has 0 amide bonds. The van der Waals surface area contributed by atoms with E-state index < -0.39 is 0 Å². The maximum Gasteiger partial charge on any atom is 0.222 e. The zero-order valence-electron chi connectivity index (χ0n) is 13.4. The monoisotopic (exact) mass is 308 g/mol. The van der Waals surface area contributed by atoms with Crippen molar-refractivity contribution in [3.05, 3.63) is 47.2 Å². The van der Waals surface area contributed by atoms with Gasteiger partial charge in [0.1, 0.15) is 5.58 Å². The SMILES string of the molecule is CC1(CC2=CC(=O)c3oc4ccccc4c3C2=O)CCCCC1. The van der Waals surface area contributed by atoms with Gasteiger partial charge < -0.3 is 4.42 Å². The number of para-hydroxylation sites is 1. The van der Waals surface area contributed by atoms with Gasteiger partial charge in [0.25, 0.3) is 0 Å². The Bertz CT molecular complexity index is 832. The summed E-state index contributed by atoms with van der Waals surface area (Å²) in [5.41, 5.74) is 1.86. The third-order valence-corrected chi connectivity index (χ3v) is 5.32. The van der Waals surface area contributed by atoms with Gasteiger partial charge in [0, 0.05) is 11.0 Å². The number of carbonyl (C=O) groups is 2. The van der Waals surface area contributed by atoms with Gasteiger partial charge in [0.15, 0.2) is 11.5 Å². The summed E-state index contributed by atoms with van der Waals surface area (Å²) in [6.07, 6.45) is 8.16. The first-order chi connectivity index (χ1) is 11.1. The van der Waals surface area contributed by atoms with Gasteiger partial charge >= 0.3 is 0 Å². The smallest absolute Gasteiger partial charge is 0.222 e. The van der Waals surface area contributed by atoms with Crippen LogP contribution in [-0.4, -0.2) is 11.6 Å². The minimum Gasteiger partial charge on any atom is -0.452 e. The molecule has 0 unspecified atom stereocenters. The van der Waals surface area contributed by atoms with Gasteiger partial charge in [-0.25, -0.2) is 0 Å². The normalized spacial score (nSPS) is 20.5. The molecule has 23 heavy (non-hydrogen) atoms. The highest BCUT2D eigenvalue weighted by atomic mass is 16.3. The molecule has 0 spiro atoms. The lowest BCUT2D eigenvalue weighted by atomic mass is 9.70. The summed E-state index contributed by atoms with van der Waals surface area (Å²) in [4.78, 5) is 25.4. The average Bonchev–Trinajstić information content (AvgIpc) is 2.93. The largest absolute Gasteiger partial charge is 0.452 e. The first kappa shape index (κ1) is 14.4. The number of Topliss-reactive ketones (excluding diaryl/α,β-unsaturated/α-hetero) is 1. The van der Waals surface area contributed by atoms with E-state index in [-0.39, 0.29) is 22.7 Å². The van der Waals surface area contributed by atoms with Crippen LogP contribution in [0.5, 0.6) is 0 Å². The van der Waals surface area contributed by atoms with E-state index in [0.29, 0.717) is 23.1 Å². The first-order valence-corrected chi connectivity index (χ1v) is 8.39.